The smallest absolute Gasteiger partial charge is 0.119 e. The van der Waals surface area contributed by atoms with Crippen LogP contribution in [0.15, 0.2) is 24.3 Å². The number of nitrogens with zero attached hydrogens (tertiary/aromatic N) is 1. The lowest BCUT2D eigenvalue weighted by Crippen LogP contribution is -2.48. The summed E-state index contributed by atoms with van der Waals surface area (Å²) in [7, 11) is 3.99. The van der Waals surface area contributed by atoms with E-state index in [9.17, 15) is 0 Å². The number of nitrogens with one attached hydrogen (secondary N) is 1. The zero-order chi connectivity index (χ0) is 14.7. The van der Waals surface area contributed by atoms with E-state index in [0.717, 1.165) is 18.2 Å². The quantitative estimate of drug-likeness (QED) is 0.901. The Morgan fingerprint density at radius 2 is 2.14 bits per heavy atom. The number of ether oxygens (including phenoxy) is 1. The van der Waals surface area contributed by atoms with Crippen LogP contribution in [0.1, 0.15) is 37.2 Å². The standard InChI is InChI=1S/C18H28N2O/c1-20-12-16(15-7-4-8-18(10-15)21-2)9-17(13-20)19-11-14-5-3-6-14/h4,7-8,10,14,16-17,19H,3,5-6,9,11-13H2,1-2H3. The highest BCUT2D eigenvalue weighted by Crippen LogP contribution is 2.30. The van der Waals surface area contributed by atoms with Crippen LogP contribution in [0.5, 0.6) is 5.75 Å². The second kappa shape index (κ2) is 6.80. The zero-order valence-electron chi connectivity index (χ0n) is 13.3. The summed E-state index contributed by atoms with van der Waals surface area (Å²) in [6, 6.07) is 9.21. The number of hydrogen-bond donors (Lipinski definition) is 1. The van der Waals surface area contributed by atoms with Gasteiger partial charge in [0.05, 0.1) is 7.11 Å². The molecule has 3 nitrogen and oxygen atoms in total. The molecule has 3 heteroatoms. The van der Waals surface area contributed by atoms with Crippen LogP contribution >= 0.6 is 0 Å². The third kappa shape index (κ3) is 3.78. The molecular formula is C18H28N2O. The Labute approximate surface area is 128 Å². The van der Waals surface area contributed by atoms with Crippen molar-refractivity contribution < 1.29 is 4.74 Å². The number of methoxy groups -OCH3 is 1. The van der Waals surface area contributed by atoms with Crippen molar-refractivity contribution in [3.8, 4) is 5.75 Å². The molecule has 1 aliphatic heterocycles. The molecule has 1 saturated carbocycles. The van der Waals surface area contributed by atoms with E-state index in [2.05, 4.69) is 35.5 Å². The number of rotatable bonds is 5. The van der Waals surface area contributed by atoms with Crippen molar-refractivity contribution in [1.82, 2.24) is 10.2 Å². The highest BCUT2D eigenvalue weighted by atomic mass is 16.5. The predicted molar refractivity (Wildman–Crippen MR) is 87.0 cm³/mol. The highest BCUT2D eigenvalue weighted by Gasteiger charge is 2.27. The minimum atomic E-state index is 0.609. The second-order valence-electron chi connectivity index (χ2n) is 6.83. The Hall–Kier alpha value is -1.06. The average Bonchev–Trinajstić information content (AvgIpc) is 2.45. The van der Waals surface area contributed by atoms with Gasteiger partial charge >= 0.3 is 0 Å². The molecule has 3 rings (SSSR count). The van der Waals surface area contributed by atoms with Crippen molar-refractivity contribution in [3.63, 3.8) is 0 Å². The molecule has 2 aliphatic rings. The van der Waals surface area contributed by atoms with E-state index >= 15 is 0 Å². The fraction of sp³-hybridized carbons (Fsp3) is 0.667. The Balaban J connectivity index is 1.61. The fourth-order valence-corrected chi connectivity index (χ4v) is 3.63. The molecule has 2 unspecified atom stereocenters. The van der Waals surface area contributed by atoms with Crippen molar-refractivity contribution in [3.05, 3.63) is 29.8 Å². The lowest BCUT2D eigenvalue weighted by atomic mass is 9.84. The van der Waals surface area contributed by atoms with Crippen LogP contribution in [0.25, 0.3) is 0 Å². The average molecular weight is 288 g/mol. The molecule has 0 radical (unpaired) electrons. The molecule has 1 saturated heterocycles. The van der Waals surface area contributed by atoms with Gasteiger partial charge in [-0.25, -0.2) is 0 Å². The van der Waals surface area contributed by atoms with E-state index in [-0.39, 0.29) is 0 Å². The van der Waals surface area contributed by atoms with E-state index < -0.39 is 0 Å². The minimum absolute atomic E-state index is 0.609. The molecule has 2 atom stereocenters. The monoisotopic (exact) mass is 288 g/mol. The lowest BCUT2D eigenvalue weighted by molar-refractivity contribution is 0.190. The Bertz CT molecular complexity index is 458. The maximum absolute atomic E-state index is 5.37. The van der Waals surface area contributed by atoms with Gasteiger partial charge in [0.2, 0.25) is 0 Å². The molecule has 0 aromatic heterocycles. The lowest BCUT2D eigenvalue weighted by Gasteiger charge is -2.38. The van der Waals surface area contributed by atoms with Gasteiger partial charge in [-0.05, 0) is 62.4 Å². The van der Waals surface area contributed by atoms with E-state index in [1.165, 1.54) is 44.3 Å². The predicted octanol–water partition coefficient (Wildman–Crippen LogP) is 2.87. The van der Waals surface area contributed by atoms with Crippen LogP contribution in [-0.4, -0.2) is 44.7 Å². The zero-order valence-corrected chi connectivity index (χ0v) is 13.3. The SMILES string of the molecule is COc1cccc(C2CC(NCC3CCC3)CN(C)C2)c1. The van der Waals surface area contributed by atoms with Crippen molar-refractivity contribution >= 4 is 0 Å². The minimum Gasteiger partial charge on any atom is -0.497 e. The summed E-state index contributed by atoms with van der Waals surface area (Å²) in [6.07, 6.45) is 5.53. The summed E-state index contributed by atoms with van der Waals surface area (Å²) in [5.41, 5.74) is 1.41. The van der Waals surface area contributed by atoms with Crippen LogP contribution in [0, 0.1) is 5.92 Å². The second-order valence-corrected chi connectivity index (χ2v) is 6.83. The van der Waals surface area contributed by atoms with Crippen LogP contribution in [0.3, 0.4) is 0 Å². The first-order valence-corrected chi connectivity index (χ1v) is 8.30. The van der Waals surface area contributed by atoms with Gasteiger partial charge in [-0.3, -0.25) is 0 Å². The third-order valence-electron chi connectivity index (χ3n) is 5.12. The van der Waals surface area contributed by atoms with Gasteiger partial charge in [-0.1, -0.05) is 18.6 Å². The Morgan fingerprint density at radius 3 is 2.86 bits per heavy atom. The van der Waals surface area contributed by atoms with E-state index in [1.54, 1.807) is 7.11 Å². The Kier molecular flexibility index (Phi) is 4.81. The van der Waals surface area contributed by atoms with Crippen LogP contribution < -0.4 is 10.1 Å². The molecule has 1 aromatic rings. The first-order valence-electron chi connectivity index (χ1n) is 8.30. The molecular weight excluding hydrogens is 260 g/mol. The molecule has 2 fully saturated rings. The van der Waals surface area contributed by atoms with Gasteiger partial charge < -0.3 is 15.0 Å². The van der Waals surface area contributed by atoms with Gasteiger partial charge in [-0.2, -0.15) is 0 Å². The molecule has 0 amide bonds. The molecule has 1 heterocycles. The first-order chi connectivity index (χ1) is 10.2. The maximum Gasteiger partial charge on any atom is 0.119 e. The molecule has 1 N–H and O–H groups in total. The highest BCUT2D eigenvalue weighted by molar-refractivity contribution is 5.31. The number of likely N-dealkylation sites (tertiary alicyclic amines) is 1. The van der Waals surface area contributed by atoms with Crippen LogP contribution in [0.4, 0.5) is 0 Å². The third-order valence-corrected chi connectivity index (χ3v) is 5.12. The molecule has 1 aromatic carbocycles. The van der Waals surface area contributed by atoms with Crippen LogP contribution in [0.2, 0.25) is 0 Å². The molecule has 0 bridgehead atoms. The normalized spacial score (nSPS) is 27.3. The summed E-state index contributed by atoms with van der Waals surface area (Å²) in [5, 5.41) is 3.81. The number of piperidine rings is 1. The van der Waals surface area contributed by atoms with Crippen molar-refractivity contribution in [2.24, 2.45) is 5.92 Å². The van der Waals surface area contributed by atoms with Gasteiger partial charge in [0, 0.05) is 19.1 Å². The van der Waals surface area contributed by atoms with E-state index in [0.29, 0.717) is 12.0 Å². The summed E-state index contributed by atoms with van der Waals surface area (Å²) < 4.78 is 5.37. The van der Waals surface area contributed by atoms with E-state index in [1.807, 2.05) is 6.07 Å². The summed E-state index contributed by atoms with van der Waals surface area (Å²) in [4.78, 5) is 2.46. The molecule has 0 spiro atoms. The maximum atomic E-state index is 5.37. The summed E-state index contributed by atoms with van der Waals surface area (Å²) in [5.74, 6) is 2.52. The van der Waals surface area contributed by atoms with Crippen LogP contribution in [-0.2, 0) is 0 Å². The number of hydrogen-bond acceptors (Lipinski definition) is 3. The van der Waals surface area contributed by atoms with Crippen molar-refractivity contribution in [2.75, 3.05) is 33.8 Å². The summed E-state index contributed by atoms with van der Waals surface area (Å²) >= 11 is 0. The number of benzene rings is 1. The van der Waals surface area contributed by atoms with Crippen molar-refractivity contribution in [2.45, 2.75) is 37.6 Å². The molecule has 21 heavy (non-hydrogen) atoms. The fourth-order valence-electron chi connectivity index (χ4n) is 3.63. The molecule has 1 aliphatic carbocycles. The van der Waals surface area contributed by atoms with E-state index in [4.69, 9.17) is 4.74 Å². The van der Waals surface area contributed by atoms with Crippen molar-refractivity contribution in [1.29, 1.82) is 0 Å². The largest absolute Gasteiger partial charge is 0.497 e. The van der Waals surface area contributed by atoms with Gasteiger partial charge in [0.1, 0.15) is 5.75 Å². The Morgan fingerprint density at radius 1 is 1.29 bits per heavy atom. The van der Waals surface area contributed by atoms with Gasteiger partial charge in [0.15, 0.2) is 0 Å². The first kappa shape index (κ1) is 14.9. The topological polar surface area (TPSA) is 24.5 Å². The van der Waals surface area contributed by atoms with Gasteiger partial charge in [-0.15, -0.1) is 0 Å². The number of likely N-dealkylation sites (N-methyl/N-ethyl adjacent to an activating group) is 1. The van der Waals surface area contributed by atoms with Gasteiger partial charge in [0.25, 0.3) is 0 Å². The molecule has 116 valence electrons. The summed E-state index contributed by atoms with van der Waals surface area (Å²) in [6.45, 7) is 3.53.